The second kappa shape index (κ2) is 9.03. The molecule has 1 aromatic carbocycles. The van der Waals surface area contributed by atoms with Crippen LogP contribution in [-0.4, -0.2) is 67.3 Å². The van der Waals surface area contributed by atoms with Gasteiger partial charge in [-0.2, -0.15) is 0 Å². The van der Waals surface area contributed by atoms with Crippen LogP contribution in [0, 0.1) is 17.7 Å². The smallest absolute Gasteiger partial charge is 0.167 e. The molecule has 2 fully saturated rings. The van der Waals surface area contributed by atoms with E-state index in [1.54, 1.807) is 23.8 Å². The van der Waals surface area contributed by atoms with Gasteiger partial charge in [0, 0.05) is 13.2 Å². The standard InChI is InChI=1S/C23H24FN5O4/c1-32-15-8-7-14(10-15)28-21-18-22(26-11-25-21)29(12-27-18)23-20(31)19(30)17(33-23)9-6-13-4-2-3-5-16(13)24/h2-5,11-12,14-15,17,19-20,23,30-31H,7-8,10H2,1H3,(H,25,26,28)/t14?,15?,17-,19-,20-,23-/m1/s1. The lowest BCUT2D eigenvalue weighted by Crippen LogP contribution is -2.31. The van der Waals surface area contributed by atoms with E-state index in [9.17, 15) is 14.6 Å². The molecule has 10 heteroatoms. The van der Waals surface area contributed by atoms with E-state index in [0.717, 1.165) is 19.3 Å². The number of fused-ring (bicyclic) bond motifs is 1. The van der Waals surface area contributed by atoms with Gasteiger partial charge in [0.05, 0.1) is 18.0 Å². The zero-order chi connectivity index (χ0) is 22.9. The number of halogens is 1. The number of hydrogen-bond acceptors (Lipinski definition) is 8. The number of aliphatic hydroxyl groups excluding tert-OH is 2. The molecule has 172 valence electrons. The average molecular weight is 453 g/mol. The van der Waals surface area contributed by atoms with Crippen LogP contribution in [0.4, 0.5) is 10.2 Å². The topological polar surface area (TPSA) is 115 Å². The zero-order valence-electron chi connectivity index (χ0n) is 17.9. The summed E-state index contributed by atoms with van der Waals surface area (Å²) in [6.45, 7) is 0. The Morgan fingerprint density at radius 3 is 2.82 bits per heavy atom. The quantitative estimate of drug-likeness (QED) is 0.511. The van der Waals surface area contributed by atoms with Gasteiger partial charge in [-0.05, 0) is 31.4 Å². The molecule has 1 aliphatic carbocycles. The first-order chi connectivity index (χ1) is 16.0. The number of aromatic nitrogens is 4. The Morgan fingerprint density at radius 1 is 1.18 bits per heavy atom. The van der Waals surface area contributed by atoms with Gasteiger partial charge in [-0.1, -0.05) is 24.0 Å². The van der Waals surface area contributed by atoms with Gasteiger partial charge >= 0.3 is 0 Å². The maximum atomic E-state index is 13.8. The summed E-state index contributed by atoms with van der Waals surface area (Å²) in [5.74, 6) is 5.51. The third-order valence-electron chi connectivity index (χ3n) is 6.15. The number of nitrogens with zero attached hydrogens (tertiary/aromatic N) is 4. The highest BCUT2D eigenvalue weighted by Gasteiger charge is 2.43. The van der Waals surface area contributed by atoms with Gasteiger partial charge < -0.3 is 25.0 Å². The summed E-state index contributed by atoms with van der Waals surface area (Å²) >= 11 is 0. The average Bonchev–Trinajstić information content (AvgIpc) is 3.53. The molecule has 2 unspecified atom stereocenters. The highest BCUT2D eigenvalue weighted by molar-refractivity contribution is 5.82. The fourth-order valence-electron chi connectivity index (χ4n) is 4.34. The minimum atomic E-state index is -1.28. The van der Waals surface area contributed by atoms with Gasteiger partial charge in [-0.3, -0.25) is 4.57 Å². The van der Waals surface area contributed by atoms with E-state index < -0.39 is 30.4 Å². The lowest BCUT2D eigenvalue weighted by atomic mass is 10.1. The lowest BCUT2D eigenvalue weighted by Gasteiger charge is -2.17. The van der Waals surface area contributed by atoms with Crippen LogP contribution >= 0.6 is 0 Å². The maximum absolute atomic E-state index is 13.8. The Bertz CT molecular complexity index is 1210. The van der Waals surface area contributed by atoms with E-state index >= 15 is 0 Å². The molecule has 3 aromatic rings. The third-order valence-corrected chi connectivity index (χ3v) is 6.15. The Hall–Kier alpha value is -3.10. The number of imidazole rings is 1. The Balaban J connectivity index is 1.38. The molecule has 1 aliphatic heterocycles. The first-order valence-corrected chi connectivity index (χ1v) is 10.8. The maximum Gasteiger partial charge on any atom is 0.167 e. The van der Waals surface area contributed by atoms with Crippen molar-refractivity contribution in [3.8, 4) is 11.8 Å². The van der Waals surface area contributed by atoms with Crippen LogP contribution in [0.1, 0.15) is 31.1 Å². The first kappa shape index (κ1) is 21.7. The normalized spacial score (nSPS) is 29.2. The SMILES string of the molecule is COC1CCC(Nc2ncnc3c2ncn3[C@@H]2O[C@H](C#Cc3ccccc3F)[C@@H](O)[C@H]2O)C1. The van der Waals surface area contributed by atoms with E-state index in [-0.39, 0.29) is 17.7 Å². The van der Waals surface area contributed by atoms with Gasteiger partial charge in [0.2, 0.25) is 0 Å². The molecule has 5 rings (SSSR count). The number of aliphatic hydroxyl groups is 2. The van der Waals surface area contributed by atoms with Crippen LogP contribution in [0.5, 0.6) is 0 Å². The molecule has 0 spiro atoms. The van der Waals surface area contributed by atoms with E-state index in [2.05, 4.69) is 32.1 Å². The van der Waals surface area contributed by atoms with E-state index in [1.807, 2.05) is 0 Å². The van der Waals surface area contributed by atoms with Crippen molar-refractivity contribution in [1.82, 2.24) is 19.5 Å². The summed E-state index contributed by atoms with van der Waals surface area (Å²) in [7, 11) is 1.72. The molecule has 6 atom stereocenters. The first-order valence-electron chi connectivity index (χ1n) is 10.8. The molecular formula is C23H24FN5O4. The largest absolute Gasteiger partial charge is 0.386 e. The molecule has 1 saturated heterocycles. The minimum Gasteiger partial charge on any atom is -0.386 e. The number of anilines is 1. The highest BCUT2D eigenvalue weighted by atomic mass is 19.1. The van der Waals surface area contributed by atoms with Crippen molar-refractivity contribution in [2.75, 3.05) is 12.4 Å². The van der Waals surface area contributed by atoms with Crippen LogP contribution in [-0.2, 0) is 9.47 Å². The zero-order valence-corrected chi connectivity index (χ0v) is 17.9. The molecule has 33 heavy (non-hydrogen) atoms. The van der Waals surface area contributed by atoms with E-state index in [1.165, 1.54) is 24.8 Å². The van der Waals surface area contributed by atoms with Crippen molar-refractivity contribution in [1.29, 1.82) is 0 Å². The predicted octanol–water partition coefficient (Wildman–Crippen LogP) is 1.62. The molecule has 3 N–H and O–H groups in total. The van der Waals surface area contributed by atoms with Crippen LogP contribution < -0.4 is 5.32 Å². The molecule has 9 nitrogen and oxygen atoms in total. The van der Waals surface area contributed by atoms with Gasteiger partial charge in [-0.25, -0.2) is 19.3 Å². The molecule has 0 bridgehead atoms. The Kier molecular flexibility index (Phi) is 5.95. The summed E-state index contributed by atoms with van der Waals surface area (Å²) in [6, 6.07) is 6.29. The highest BCUT2D eigenvalue weighted by Crippen LogP contribution is 2.33. The molecule has 2 aliphatic rings. The number of rotatable bonds is 4. The molecule has 2 aromatic heterocycles. The van der Waals surface area contributed by atoms with Crippen molar-refractivity contribution < 1.29 is 24.1 Å². The molecule has 0 amide bonds. The van der Waals surface area contributed by atoms with Crippen molar-refractivity contribution in [2.45, 2.75) is 55.9 Å². The van der Waals surface area contributed by atoms with Gasteiger partial charge in [0.1, 0.15) is 30.5 Å². The van der Waals surface area contributed by atoms with E-state index in [0.29, 0.717) is 17.0 Å². The number of ether oxygens (including phenoxy) is 2. The van der Waals surface area contributed by atoms with Gasteiger partial charge in [-0.15, -0.1) is 0 Å². The van der Waals surface area contributed by atoms with Crippen LogP contribution in [0.3, 0.4) is 0 Å². The van der Waals surface area contributed by atoms with Crippen molar-refractivity contribution in [3.63, 3.8) is 0 Å². The van der Waals surface area contributed by atoms with Gasteiger partial charge in [0.15, 0.2) is 23.2 Å². The molecule has 1 saturated carbocycles. The second-order valence-electron chi connectivity index (χ2n) is 8.24. The van der Waals surface area contributed by atoms with Crippen LogP contribution in [0.2, 0.25) is 0 Å². The molecule has 0 radical (unpaired) electrons. The predicted molar refractivity (Wildman–Crippen MR) is 117 cm³/mol. The Labute approximate surface area is 189 Å². The van der Waals surface area contributed by atoms with Crippen molar-refractivity contribution >= 4 is 17.0 Å². The fraction of sp³-hybridized carbons (Fsp3) is 0.435. The number of methoxy groups -OCH3 is 1. The monoisotopic (exact) mass is 453 g/mol. The second-order valence-corrected chi connectivity index (χ2v) is 8.24. The fourth-order valence-corrected chi connectivity index (χ4v) is 4.34. The summed E-state index contributed by atoms with van der Waals surface area (Å²) in [5, 5.41) is 24.5. The van der Waals surface area contributed by atoms with Crippen molar-refractivity contribution in [2.24, 2.45) is 0 Å². The minimum absolute atomic E-state index is 0.186. The van der Waals surface area contributed by atoms with Crippen LogP contribution in [0.25, 0.3) is 11.2 Å². The Morgan fingerprint density at radius 2 is 2.03 bits per heavy atom. The van der Waals surface area contributed by atoms with Crippen LogP contribution in [0.15, 0.2) is 36.9 Å². The van der Waals surface area contributed by atoms with E-state index in [4.69, 9.17) is 9.47 Å². The third kappa shape index (κ3) is 4.16. The summed E-state index contributed by atoms with van der Waals surface area (Å²) < 4.78 is 26.7. The summed E-state index contributed by atoms with van der Waals surface area (Å²) in [4.78, 5) is 13.1. The number of hydrogen-bond donors (Lipinski definition) is 3. The lowest BCUT2D eigenvalue weighted by molar-refractivity contribution is -0.0230. The summed E-state index contributed by atoms with van der Waals surface area (Å²) in [5.41, 5.74) is 1.17. The molecular weight excluding hydrogens is 429 g/mol. The number of benzene rings is 1. The summed E-state index contributed by atoms with van der Waals surface area (Å²) in [6.07, 6.45) is 1.42. The van der Waals surface area contributed by atoms with Crippen molar-refractivity contribution in [3.05, 3.63) is 48.3 Å². The van der Waals surface area contributed by atoms with Gasteiger partial charge in [0.25, 0.3) is 0 Å². The number of nitrogens with one attached hydrogen (secondary N) is 1. The molecule has 3 heterocycles.